The molecule has 0 bridgehead atoms. The van der Waals surface area contributed by atoms with Crippen molar-refractivity contribution in [3.8, 4) is 5.75 Å². The highest BCUT2D eigenvalue weighted by Gasteiger charge is 2.22. The highest BCUT2D eigenvalue weighted by Crippen LogP contribution is 2.24. The monoisotopic (exact) mass is 411 g/mol. The second kappa shape index (κ2) is 12.9. The summed E-state index contributed by atoms with van der Waals surface area (Å²) in [5.41, 5.74) is 0. The minimum Gasteiger partial charge on any atom is -0.487 e. The number of piperidine rings is 1. The quantitative estimate of drug-likeness (QED) is 0.362. The van der Waals surface area contributed by atoms with Crippen molar-refractivity contribution in [3.05, 3.63) is 29.3 Å². The molecule has 1 unspecified atom stereocenters. The van der Waals surface area contributed by atoms with Crippen molar-refractivity contribution in [2.75, 3.05) is 46.5 Å². The molecule has 1 aromatic rings. The van der Waals surface area contributed by atoms with Crippen LogP contribution in [-0.4, -0.2) is 69.6 Å². The van der Waals surface area contributed by atoms with Crippen LogP contribution >= 0.6 is 11.6 Å². The van der Waals surface area contributed by atoms with Crippen molar-refractivity contribution in [1.82, 2.24) is 10.2 Å². The Balaban J connectivity index is 1.81. The average Bonchev–Trinajstić information content (AvgIpc) is 2.71. The summed E-state index contributed by atoms with van der Waals surface area (Å²) < 4.78 is 16.9. The molecule has 1 atom stereocenters. The van der Waals surface area contributed by atoms with Crippen LogP contribution in [0.2, 0.25) is 5.02 Å². The van der Waals surface area contributed by atoms with E-state index in [0.29, 0.717) is 23.4 Å². The first-order chi connectivity index (χ1) is 13.6. The Morgan fingerprint density at radius 1 is 1.29 bits per heavy atom. The molecule has 1 aromatic carbocycles. The fraction of sp³-hybridized carbons (Fsp3) is 0.667. The summed E-state index contributed by atoms with van der Waals surface area (Å²) in [5, 5.41) is 4.02. The molecule has 158 valence electrons. The molecule has 0 radical (unpaired) electrons. The van der Waals surface area contributed by atoms with Crippen LogP contribution in [0.15, 0.2) is 29.3 Å². The van der Waals surface area contributed by atoms with Gasteiger partial charge in [0, 0.05) is 40.0 Å². The highest BCUT2D eigenvalue weighted by molar-refractivity contribution is 6.32. The summed E-state index contributed by atoms with van der Waals surface area (Å²) >= 11 is 6.17. The predicted octanol–water partition coefficient (Wildman–Crippen LogP) is 3.59. The second-order valence-electron chi connectivity index (χ2n) is 6.96. The van der Waals surface area contributed by atoms with E-state index in [2.05, 4.69) is 17.1 Å². The Bertz CT molecular complexity index is 592. The number of guanidine groups is 1. The Kier molecular flexibility index (Phi) is 10.5. The van der Waals surface area contributed by atoms with E-state index in [-0.39, 0.29) is 6.10 Å². The summed E-state index contributed by atoms with van der Waals surface area (Å²) in [6.45, 7) is 8.92. The SMILES string of the molecule is CCNC(=NCC(C)Oc1ccccc1Cl)N1CCC(OCCCOC)CC1. The van der Waals surface area contributed by atoms with Crippen molar-refractivity contribution < 1.29 is 14.2 Å². The summed E-state index contributed by atoms with van der Waals surface area (Å²) in [4.78, 5) is 7.09. The number of hydrogen-bond acceptors (Lipinski definition) is 4. The van der Waals surface area contributed by atoms with E-state index in [1.54, 1.807) is 7.11 Å². The van der Waals surface area contributed by atoms with E-state index < -0.39 is 0 Å². The smallest absolute Gasteiger partial charge is 0.194 e. The van der Waals surface area contributed by atoms with Crippen LogP contribution in [0.3, 0.4) is 0 Å². The summed E-state index contributed by atoms with van der Waals surface area (Å²) in [7, 11) is 1.72. The van der Waals surface area contributed by atoms with Crippen LogP contribution in [0.4, 0.5) is 0 Å². The van der Waals surface area contributed by atoms with Gasteiger partial charge in [0.05, 0.1) is 17.7 Å². The van der Waals surface area contributed by atoms with Gasteiger partial charge in [0.1, 0.15) is 11.9 Å². The van der Waals surface area contributed by atoms with E-state index in [1.165, 1.54) is 0 Å². The van der Waals surface area contributed by atoms with Gasteiger partial charge in [-0.3, -0.25) is 0 Å². The van der Waals surface area contributed by atoms with Crippen molar-refractivity contribution >= 4 is 17.6 Å². The second-order valence-corrected chi connectivity index (χ2v) is 7.36. The lowest BCUT2D eigenvalue weighted by atomic mass is 10.1. The summed E-state index contributed by atoms with van der Waals surface area (Å²) in [5.74, 6) is 1.64. The van der Waals surface area contributed by atoms with E-state index >= 15 is 0 Å². The zero-order chi connectivity index (χ0) is 20.2. The van der Waals surface area contributed by atoms with Crippen LogP contribution in [0.5, 0.6) is 5.75 Å². The van der Waals surface area contributed by atoms with Crippen molar-refractivity contribution in [1.29, 1.82) is 0 Å². The molecule has 0 spiro atoms. The van der Waals surface area contributed by atoms with E-state index in [4.69, 9.17) is 30.8 Å². The van der Waals surface area contributed by atoms with Gasteiger partial charge in [-0.25, -0.2) is 4.99 Å². The molecule has 2 rings (SSSR count). The predicted molar refractivity (Wildman–Crippen MR) is 115 cm³/mol. The van der Waals surface area contributed by atoms with E-state index in [9.17, 15) is 0 Å². The van der Waals surface area contributed by atoms with Gasteiger partial charge >= 0.3 is 0 Å². The molecule has 1 N–H and O–H groups in total. The zero-order valence-electron chi connectivity index (χ0n) is 17.3. The Hall–Kier alpha value is -1.50. The minimum absolute atomic E-state index is 0.0600. The standard InChI is InChI=1S/C21H34ClN3O3/c1-4-23-21(24-16-17(2)28-20-9-6-5-8-19(20)22)25-12-10-18(11-13-25)27-15-7-14-26-3/h5-6,8-9,17-18H,4,7,10-16H2,1-3H3,(H,23,24). The van der Waals surface area contributed by atoms with E-state index in [1.807, 2.05) is 31.2 Å². The maximum absolute atomic E-state index is 6.17. The molecule has 0 amide bonds. The maximum atomic E-state index is 6.17. The summed E-state index contributed by atoms with van der Waals surface area (Å²) in [6, 6.07) is 7.53. The van der Waals surface area contributed by atoms with Crippen molar-refractivity contribution in [3.63, 3.8) is 0 Å². The molecule has 28 heavy (non-hydrogen) atoms. The van der Waals surface area contributed by atoms with Gasteiger partial charge in [0.2, 0.25) is 0 Å². The third kappa shape index (κ3) is 7.86. The van der Waals surface area contributed by atoms with E-state index in [0.717, 1.165) is 58.1 Å². The van der Waals surface area contributed by atoms with Crippen molar-refractivity contribution in [2.45, 2.75) is 45.3 Å². The topological polar surface area (TPSA) is 55.3 Å². The van der Waals surface area contributed by atoms with Crippen LogP contribution in [0.1, 0.15) is 33.1 Å². The largest absolute Gasteiger partial charge is 0.487 e. The number of likely N-dealkylation sites (tertiary alicyclic amines) is 1. The first kappa shape index (κ1) is 22.8. The normalized spacial score (nSPS) is 16.9. The van der Waals surface area contributed by atoms with Crippen LogP contribution < -0.4 is 10.1 Å². The highest BCUT2D eigenvalue weighted by atomic mass is 35.5. The van der Waals surface area contributed by atoms with Crippen molar-refractivity contribution in [2.24, 2.45) is 4.99 Å². The number of ether oxygens (including phenoxy) is 3. The summed E-state index contributed by atoms with van der Waals surface area (Å²) in [6.07, 6.45) is 3.25. The van der Waals surface area contributed by atoms with Crippen LogP contribution in [-0.2, 0) is 9.47 Å². The van der Waals surface area contributed by atoms with Gasteiger partial charge in [-0.1, -0.05) is 23.7 Å². The zero-order valence-corrected chi connectivity index (χ0v) is 18.1. The molecule has 7 heteroatoms. The van der Waals surface area contributed by atoms with Gasteiger partial charge < -0.3 is 24.4 Å². The average molecular weight is 412 g/mol. The lowest BCUT2D eigenvalue weighted by molar-refractivity contribution is 0.00988. The number of benzene rings is 1. The molecule has 1 aliphatic heterocycles. The Morgan fingerprint density at radius 3 is 2.71 bits per heavy atom. The Morgan fingerprint density at radius 2 is 2.04 bits per heavy atom. The Labute approximate surface area is 174 Å². The van der Waals surface area contributed by atoms with Gasteiger partial charge in [-0.2, -0.15) is 0 Å². The molecule has 0 aliphatic carbocycles. The fourth-order valence-electron chi connectivity index (χ4n) is 3.12. The molecule has 1 fully saturated rings. The third-order valence-electron chi connectivity index (χ3n) is 4.59. The van der Waals surface area contributed by atoms with Gasteiger partial charge in [0.15, 0.2) is 5.96 Å². The molecule has 0 saturated carbocycles. The number of nitrogens with one attached hydrogen (secondary N) is 1. The van der Waals surface area contributed by atoms with Gasteiger partial charge in [-0.05, 0) is 45.2 Å². The van der Waals surface area contributed by atoms with Crippen LogP contribution in [0, 0.1) is 0 Å². The molecule has 1 saturated heterocycles. The minimum atomic E-state index is -0.0600. The molecule has 0 aromatic heterocycles. The first-order valence-electron chi connectivity index (χ1n) is 10.2. The molecule has 6 nitrogen and oxygen atoms in total. The fourth-order valence-corrected chi connectivity index (χ4v) is 3.30. The third-order valence-corrected chi connectivity index (χ3v) is 4.90. The molecular formula is C21H34ClN3O3. The van der Waals surface area contributed by atoms with Gasteiger partial charge in [0.25, 0.3) is 0 Å². The number of halogens is 1. The molecule has 1 aliphatic rings. The maximum Gasteiger partial charge on any atom is 0.194 e. The molecule has 1 heterocycles. The van der Waals surface area contributed by atoms with Gasteiger partial charge in [-0.15, -0.1) is 0 Å². The number of rotatable bonds is 10. The number of nitrogens with zero attached hydrogens (tertiary/aromatic N) is 2. The van der Waals surface area contributed by atoms with Crippen LogP contribution in [0.25, 0.3) is 0 Å². The number of hydrogen-bond donors (Lipinski definition) is 1. The number of aliphatic imine (C=N–C) groups is 1. The molecular weight excluding hydrogens is 378 g/mol. The lowest BCUT2D eigenvalue weighted by Crippen LogP contribution is -2.47. The lowest BCUT2D eigenvalue weighted by Gasteiger charge is -2.34. The number of para-hydroxylation sites is 1. The first-order valence-corrected chi connectivity index (χ1v) is 10.6. The number of methoxy groups -OCH3 is 1.